The molecule has 11 nitrogen and oxygen atoms in total. The molecular formula is C16H25FN4O7P+. The van der Waals surface area contributed by atoms with E-state index in [1.807, 2.05) is 0 Å². The second-order valence-corrected chi connectivity index (χ2v) is 8.09. The summed E-state index contributed by atoms with van der Waals surface area (Å²) in [6, 6.07) is 0.379. The maximum absolute atomic E-state index is 15.0. The Bertz CT molecular complexity index is 819. The summed E-state index contributed by atoms with van der Waals surface area (Å²) in [7, 11) is -2.53. The van der Waals surface area contributed by atoms with E-state index in [0.717, 1.165) is 11.5 Å². The Morgan fingerprint density at radius 3 is 2.79 bits per heavy atom. The van der Waals surface area contributed by atoms with Crippen LogP contribution in [-0.4, -0.2) is 57.3 Å². The Labute approximate surface area is 167 Å². The summed E-state index contributed by atoms with van der Waals surface area (Å²) in [6.45, 7) is 5.39. The van der Waals surface area contributed by atoms with Crippen molar-refractivity contribution in [3.8, 4) is 0 Å². The molecule has 1 aromatic heterocycles. The predicted octanol–water partition coefficient (Wildman–Crippen LogP) is 0.416. The molecule has 1 saturated heterocycles. The van der Waals surface area contributed by atoms with Crippen molar-refractivity contribution in [1.82, 2.24) is 14.6 Å². The quantitative estimate of drug-likeness (QED) is 0.386. The first-order valence-corrected chi connectivity index (χ1v) is 10.0. The number of rotatable bonds is 8. The molecule has 0 aromatic carbocycles. The molecule has 1 unspecified atom stereocenters. The SMILES string of the molecule is CC(C)OC(=O)[C@H](C)N[P+](=O)OC[C@H]1O[C@@H](n2ccc(N)nc2=O)[C@](C)(F)[C@@H]1O. The highest BCUT2D eigenvalue weighted by Crippen LogP contribution is 2.41. The van der Waals surface area contributed by atoms with Gasteiger partial charge in [-0.15, -0.1) is 4.52 Å². The third-order valence-electron chi connectivity index (χ3n) is 4.18. The van der Waals surface area contributed by atoms with E-state index in [0.29, 0.717) is 0 Å². The Morgan fingerprint density at radius 2 is 2.21 bits per heavy atom. The lowest BCUT2D eigenvalue weighted by atomic mass is 9.98. The zero-order valence-electron chi connectivity index (χ0n) is 16.4. The van der Waals surface area contributed by atoms with Gasteiger partial charge in [0.25, 0.3) is 0 Å². The van der Waals surface area contributed by atoms with Gasteiger partial charge in [-0.1, -0.05) is 5.09 Å². The summed E-state index contributed by atoms with van der Waals surface area (Å²) in [4.78, 5) is 27.2. The Morgan fingerprint density at radius 1 is 1.55 bits per heavy atom. The molecule has 13 heteroatoms. The van der Waals surface area contributed by atoms with E-state index in [-0.39, 0.29) is 11.9 Å². The van der Waals surface area contributed by atoms with Crippen LogP contribution in [0.5, 0.6) is 0 Å². The number of anilines is 1. The number of hydrogen-bond donors (Lipinski definition) is 3. The molecule has 0 bridgehead atoms. The Hall–Kier alpha value is -1.98. The van der Waals surface area contributed by atoms with Gasteiger partial charge >= 0.3 is 19.8 Å². The summed E-state index contributed by atoms with van der Waals surface area (Å²) in [6.07, 6.45) is -3.52. The van der Waals surface area contributed by atoms with Gasteiger partial charge in [-0.25, -0.2) is 9.18 Å². The van der Waals surface area contributed by atoms with Crippen LogP contribution in [0.25, 0.3) is 0 Å². The van der Waals surface area contributed by atoms with Crippen LogP contribution in [-0.2, 0) is 23.4 Å². The molecular weight excluding hydrogens is 410 g/mol. The van der Waals surface area contributed by atoms with Gasteiger partial charge in [0.2, 0.25) is 0 Å². The van der Waals surface area contributed by atoms with Crippen molar-refractivity contribution in [2.75, 3.05) is 12.3 Å². The number of carbonyl (C=O) groups excluding carboxylic acids is 1. The number of hydrogen-bond acceptors (Lipinski definition) is 9. The molecule has 1 aromatic rings. The van der Waals surface area contributed by atoms with Crippen LogP contribution >= 0.6 is 8.18 Å². The maximum atomic E-state index is 15.0. The number of nitrogens with two attached hydrogens (primary N) is 1. The molecule has 1 aliphatic heterocycles. The molecule has 1 aliphatic rings. The van der Waals surface area contributed by atoms with E-state index in [2.05, 4.69) is 10.1 Å². The highest BCUT2D eigenvalue weighted by atomic mass is 31.1. The van der Waals surface area contributed by atoms with Gasteiger partial charge in [-0.2, -0.15) is 4.98 Å². The van der Waals surface area contributed by atoms with E-state index in [9.17, 15) is 19.3 Å². The third kappa shape index (κ3) is 5.55. The maximum Gasteiger partial charge on any atom is 0.613 e. The lowest BCUT2D eigenvalue weighted by molar-refractivity contribution is -0.149. The third-order valence-corrected chi connectivity index (χ3v) is 5.16. The molecule has 4 N–H and O–H groups in total. The number of alkyl halides is 1. The van der Waals surface area contributed by atoms with Crippen LogP contribution in [0, 0.1) is 0 Å². The highest BCUT2D eigenvalue weighted by molar-refractivity contribution is 7.36. The predicted molar refractivity (Wildman–Crippen MR) is 99.7 cm³/mol. The van der Waals surface area contributed by atoms with Crippen LogP contribution in [0.2, 0.25) is 0 Å². The number of esters is 1. The smallest absolute Gasteiger partial charge is 0.462 e. The fourth-order valence-electron chi connectivity index (χ4n) is 2.68. The average Bonchev–Trinajstić information content (AvgIpc) is 2.82. The first-order valence-electron chi connectivity index (χ1n) is 8.87. The number of aromatic nitrogens is 2. The number of nitrogens with one attached hydrogen (secondary N) is 1. The van der Waals surface area contributed by atoms with Crippen molar-refractivity contribution in [3.05, 3.63) is 22.7 Å². The zero-order chi connectivity index (χ0) is 21.9. The Kier molecular flexibility index (Phi) is 7.41. The number of nitrogen functional groups attached to an aromatic ring is 1. The molecule has 0 amide bonds. The van der Waals surface area contributed by atoms with Crippen molar-refractivity contribution < 1.29 is 32.9 Å². The molecule has 2 heterocycles. The highest BCUT2D eigenvalue weighted by Gasteiger charge is 2.56. The van der Waals surface area contributed by atoms with Gasteiger partial charge in [0, 0.05) is 6.20 Å². The largest absolute Gasteiger partial charge is 0.613 e. The number of ether oxygens (including phenoxy) is 2. The van der Waals surface area contributed by atoms with Gasteiger partial charge in [0.05, 0.1) is 6.10 Å². The number of carbonyl (C=O) groups is 1. The monoisotopic (exact) mass is 435 g/mol. The van der Waals surface area contributed by atoms with Gasteiger partial charge < -0.3 is 20.3 Å². The van der Waals surface area contributed by atoms with Crippen molar-refractivity contribution in [3.63, 3.8) is 0 Å². The van der Waals surface area contributed by atoms with Gasteiger partial charge in [0.15, 0.2) is 11.9 Å². The molecule has 0 saturated carbocycles. The van der Waals surface area contributed by atoms with Crippen LogP contribution in [0.4, 0.5) is 10.2 Å². The lowest BCUT2D eigenvalue weighted by Crippen LogP contribution is -2.43. The van der Waals surface area contributed by atoms with E-state index >= 15 is 4.39 Å². The topological polar surface area (TPSA) is 155 Å². The minimum absolute atomic E-state index is 0.0431. The van der Waals surface area contributed by atoms with E-state index in [4.69, 9.17) is 19.7 Å². The molecule has 0 radical (unpaired) electrons. The molecule has 6 atom stereocenters. The van der Waals surface area contributed by atoms with Crippen LogP contribution in [0.1, 0.15) is 33.9 Å². The van der Waals surface area contributed by atoms with E-state index in [1.54, 1.807) is 13.8 Å². The van der Waals surface area contributed by atoms with E-state index in [1.165, 1.54) is 19.2 Å². The molecule has 1 fully saturated rings. The molecule has 0 spiro atoms. The zero-order valence-corrected chi connectivity index (χ0v) is 17.3. The van der Waals surface area contributed by atoms with Crippen molar-refractivity contribution in [2.24, 2.45) is 0 Å². The number of aliphatic hydroxyl groups is 1. The molecule has 0 aliphatic carbocycles. The first-order chi connectivity index (χ1) is 13.4. The summed E-state index contributed by atoms with van der Waals surface area (Å²) in [5, 5.41) is 12.7. The van der Waals surface area contributed by atoms with E-state index < -0.39 is 56.6 Å². The lowest BCUT2D eigenvalue weighted by Gasteiger charge is -2.24. The molecule has 2 rings (SSSR count). The van der Waals surface area contributed by atoms with Crippen molar-refractivity contribution in [1.29, 1.82) is 0 Å². The molecule has 162 valence electrons. The van der Waals surface area contributed by atoms with Gasteiger partial charge in [0.1, 0.15) is 30.7 Å². The fraction of sp³-hybridized carbons (Fsp3) is 0.688. The summed E-state index contributed by atoms with van der Waals surface area (Å²) >= 11 is 0. The second-order valence-electron chi connectivity index (χ2n) is 7.05. The number of nitrogens with zero attached hydrogens (tertiary/aromatic N) is 2. The normalized spacial score (nSPS) is 28.4. The summed E-state index contributed by atoms with van der Waals surface area (Å²) < 4.78 is 43.4. The summed E-state index contributed by atoms with van der Waals surface area (Å²) in [5.74, 6) is -0.658. The van der Waals surface area contributed by atoms with Crippen LogP contribution in [0.3, 0.4) is 0 Å². The second kappa shape index (κ2) is 9.23. The van der Waals surface area contributed by atoms with Crippen LogP contribution in [0.15, 0.2) is 17.1 Å². The first kappa shape index (κ1) is 23.3. The van der Waals surface area contributed by atoms with Crippen molar-refractivity contribution >= 4 is 20.0 Å². The van der Waals surface area contributed by atoms with Gasteiger partial charge in [-0.05, 0) is 38.3 Å². The summed E-state index contributed by atoms with van der Waals surface area (Å²) in [5.41, 5.74) is 2.21. The molecule has 29 heavy (non-hydrogen) atoms. The minimum Gasteiger partial charge on any atom is -0.462 e. The van der Waals surface area contributed by atoms with Gasteiger partial charge in [-0.3, -0.25) is 9.36 Å². The average molecular weight is 435 g/mol. The number of aliphatic hydroxyl groups excluding tert-OH is 1. The van der Waals surface area contributed by atoms with Crippen molar-refractivity contribution in [2.45, 2.75) is 63.9 Å². The number of halogens is 1. The minimum atomic E-state index is -2.53. The van der Waals surface area contributed by atoms with Crippen LogP contribution < -0.4 is 16.5 Å². The Balaban J connectivity index is 1.99. The fourth-order valence-corrected chi connectivity index (χ4v) is 3.46. The standard InChI is InChI=1S/C16H24FN4O7P/c1-8(2)27-13(23)9(3)20-29(25)26-7-10-12(22)16(4,17)14(28-10)21-6-5-11(18)19-15(21)24/h5-6,8-10,12,14,22H,7H2,1-4H3,(H2-,18,19,20,24,25)/p+1/t9-,10+,12+,14+,16+/m0/s1.